The number of methoxy groups -OCH3 is 2. The van der Waals surface area contributed by atoms with Crippen LogP contribution in [-0.2, 0) is 6.42 Å². The Morgan fingerprint density at radius 1 is 0.905 bits per heavy atom. The molecule has 3 nitrogen and oxygen atoms in total. The molecule has 0 fully saturated rings. The normalized spacial score (nSPS) is 12.0. The van der Waals surface area contributed by atoms with Crippen molar-refractivity contribution in [1.29, 1.82) is 0 Å². The van der Waals surface area contributed by atoms with Crippen molar-refractivity contribution >= 4 is 0 Å². The van der Waals surface area contributed by atoms with Crippen molar-refractivity contribution in [2.45, 2.75) is 12.3 Å². The van der Waals surface area contributed by atoms with Crippen molar-refractivity contribution in [2.24, 2.45) is 0 Å². The molecule has 0 saturated carbocycles. The molecule has 2 aromatic carbocycles. The second-order valence-corrected chi connectivity index (χ2v) is 5.01. The first-order valence-corrected chi connectivity index (χ1v) is 7.19. The Morgan fingerprint density at radius 3 is 2.05 bits per heavy atom. The third kappa shape index (κ3) is 3.76. The highest BCUT2D eigenvalue weighted by atomic mass is 16.5. The molecule has 2 rings (SSSR count). The highest BCUT2D eigenvalue weighted by Gasteiger charge is 2.17. The smallest absolute Gasteiger partial charge is 0.125 e. The maximum absolute atomic E-state index is 5.50. The Bertz CT molecular complexity index is 532. The van der Waals surface area contributed by atoms with Gasteiger partial charge < -0.3 is 14.8 Å². The van der Waals surface area contributed by atoms with E-state index in [1.54, 1.807) is 14.2 Å². The minimum absolute atomic E-state index is 0.376. The van der Waals surface area contributed by atoms with Crippen molar-refractivity contribution in [3.05, 3.63) is 59.7 Å². The van der Waals surface area contributed by atoms with E-state index < -0.39 is 0 Å². The van der Waals surface area contributed by atoms with Gasteiger partial charge in [0.05, 0.1) is 14.2 Å². The topological polar surface area (TPSA) is 30.5 Å². The molecule has 2 aromatic rings. The van der Waals surface area contributed by atoms with Crippen LogP contribution in [0.15, 0.2) is 48.5 Å². The van der Waals surface area contributed by atoms with Gasteiger partial charge in [-0.1, -0.05) is 36.4 Å². The minimum atomic E-state index is 0.376. The molecule has 0 aliphatic heterocycles. The summed E-state index contributed by atoms with van der Waals surface area (Å²) in [4.78, 5) is 0. The zero-order valence-electron chi connectivity index (χ0n) is 12.9. The van der Waals surface area contributed by atoms with E-state index in [1.807, 2.05) is 31.3 Å². The summed E-state index contributed by atoms with van der Waals surface area (Å²) >= 11 is 0. The fourth-order valence-electron chi connectivity index (χ4n) is 2.66. The molecular weight excluding hydrogens is 262 g/mol. The van der Waals surface area contributed by atoms with Crippen molar-refractivity contribution in [3.63, 3.8) is 0 Å². The molecule has 0 aromatic heterocycles. The van der Waals surface area contributed by atoms with Gasteiger partial charge in [0.2, 0.25) is 0 Å². The quantitative estimate of drug-likeness (QED) is 0.847. The van der Waals surface area contributed by atoms with E-state index in [0.717, 1.165) is 30.0 Å². The Kier molecular flexibility index (Phi) is 5.64. The van der Waals surface area contributed by atoms with E-state index in [2.05, 4.69) is 29.6 Å². The molecule has 0 heterocycles. The fourth-order valence-corrected chi connectivity index (χ4v) is 2.66. The molecule has 21 heavy (non-hydrogen) atoms. The van der Waals surface area contributed by atoms with E-state index in [0.29, 0.717) is 5.92 Å². The van der Waals surface area contributed by atoms with Gasteiger partial charge in [0.15, 0.2) is 0 Å². The lowest BCUT2D eigenvalue weighted by molar-refractivity contribution is 0.382. The first-order valence-electron chi connectivity index (χ1n) is 7.19. The van der Waals surface area contributed by atoms with Crippen LogP contribution in [0.1, 0.15) is 17.0 Å². The molecule has 0 aliphatic rings. The fraction of sp³-hybridized carbons (Fsp3) is 0.333. The predicted octanol–water partition coefficient (Wildman–Crippen LogP) is 3.25. The molecule has 0 aliphatic carbocycles. The van der Waals surface area contributed by atoms with Gasteiger partial charge in [0.1, 0.15) is 11.5 Å². The number of hydrogen-bond acceptors (Lipinski definition) is 3. The van der Waals surface area contributed by atoms with Gasteiger partial charge in [-0.15, -0.1) is 0 Å². The number of likely N-dealkylation sites (N-methyl/N-ethyl adjacent to an activating group) is 1. The maximum Gasteiger partial charge on any atom is 0.125 e. The standard InChI is InChI=1S/C18H23NO2/c1-19-13-15(14-8-5-4-6-9-14)12-16-17(20-2)10-7-11-18(16)21-3/h4-11,15,19H,12-13H2,1-3H3. The Balaban J connectivity index is 2.33. The summed E-state index contributed by atoms with van der Waals surface area (Å²) in [5, 5.41) is 3.28. The molecular formula is C18H23NO2. The van der Waals surface area contributed by atoms with Gasteiger partial charge in [-0.3, -0.25) is 0 Å². The number of hydrogen-bond donors (Lipinski definition) is 1. The van der Waals surface area contributed by atoms with Crippen molar-refractivity contribution in [3.8, 4) is 11.5 Å². The largest absolute Gasteiger partial charge is 0.496 e. The van der Waals surface area contributed by atoms with E-state index in [9.17, 15) is 0 Å². The molecule has 0 spiro atoms. The minimum Gasteiger partial charge on any atom is -0.496 e. The Morgan fingerprint density at radius 2 is 1.52 bits per heavy atom. The Hall–Kier alpha value is -2.00. The molecule has 112 valence electrons. The third-order valence-electron chi connectivity index (χ3n) is 3.70. The first-order chi connectivity index (χ1) is 10.3. The lowest BCUT2D eigenvalue weighted by Gasteiger charge is -2.20. The van der Waals surface area contributed by atoms with Crippen LogP contribution in [0.5, 0.6) is 11.5 Å². The van der Waals surface area contributed by atoms with Crippen molar-refractivity contribution in [1.82, 2.24) is 5.32 Å². The summed E-state index contributed by atoms with van der Waals surface area (Å²) in [5.41, 5.74) is 2.44. The van der Waals surface area contributed by atoms with Gasteiger partial charge in [-0.05, 0) is 31.2 Å². The van der Waals surface area contributed by atoms with Crippen LogP contribution in [-0.4, -0.2) is 27.8 Å². The number of ether oxygens (including phenoxy) is 2. The van der Waals surface area contributed by atoms with E-state index in [1.165, 1.54) is 5.56 Å². The predicted molar refractivity (Wildman–Crippen MR) is 86.4 cm³/mol. The van der Waals surface area contributed by atoms with E-state index >= 15 is 0 Å². The lowest BCUT2D eigenvalue weighted by Crippen LogP contribution is -2.19. The first kappa shape index (κ1) is 15.4. The van der Waals surface area contributed by atoms with E-state index in [-0.39, 0.29) is 0 Å². The number of rotatable bonds is 7. The zero-order valence-corrected chi connectivity index (χ0v) is 12.9. The van der Waals surface area contributed by atoms with Crippen LogP contribution >= 0.6 is 0 Å². The van der Waals surface area contributed by atoms with Crippen LogP contribution in [0.4, 0.5) is 0 Å². The van der Waals surface area contributed by atoms with Gasteiger partial charge >= 0.3 is 0 Å². The number of nitrogens with one attached hydrogen (secondary N) is 1. The third-order valence-corrected chi connectivity index (χ3v) is 3.70. The molecule has 0 bridgehead atoms. The lowest BCUT2D eigenvalue weighted by atomic mass is 9.91. The number of benzene rings is 2. The van der Waals surface area contributed by atoms with Gasteiger partial charge in [0, 0.05) is 18.0 Å². The summed E-state index contributed by atoms with van der Waals surface area (Å²) in [5.74, 6) is 2.14. The highest BCUT2D eigenvalue weighted by Crippen LogP contribution is 2.33. The summed E-state index contributed by atoms with van der Waals surface area (Å²) in [6.07, 6.45) is 0.873. The zero-order chi connectivity index (χ0) is 15.1. The molecule has 0 amide bonds. The van der Waals surface area contributed by atoms with Gasteiger partial charge in [0.25, 0.3) is 0 Å². The molecule has 0 radical (unpaired) electrons. The van der Waals surface area contributed by atoms with Crippen LogP contribution in [0.25, 0.3) is 0 Å². The van der Waals surface area contributed by atoms with Crippen LogP contribution < -0.4 is 14.8 Å². The SMILES string of the molecule is CNCC(Cc1c(OC)cccc1OC)c1ccccc1. The second kappa shape index (κ2) is 7.70. The Labute approximate surface area is 126 Å². The molecule has 1 N–H and O–H groups in total. The molecule has 1 atom stereocenters. The van der Waals surface area contributed by atoms with Crippen molar-refractivity contribution in [2.75, 3.05) is 27.8 Å². The summed E-state index contributed by atoms with van der Waals surface area (Å²) in [6, 6.07) is 16.5. The van der Waals surface area contributed by atoms with Crippen molar-refractivity contribution < 1.29 is 9.47 Å². The summed E-state index contributed by atoms with van der Waals surface area (Å²) in [6.45, 7) is 0.908. The van der Waals surface area contributed by atoms with Gasteiger partial charge in [-0.25, -0.2) is 0 Å². The molecule has 3 heteroatoms. The molecule has 0 saturated heterocycles. The monoisotopic (exact) mass is 285 g/mol. The summed E-state index contributed by atoms with van der Waals surface area (Å²) in [7, 11) is 5.39. The average Bonchev–Trinajstić information content (AvgIpc) is 2.55. The van der Waals surface area contributed by atoms with Gasteiger partial charge in [-0.2, -0.15) is 0 Å². The summed E-state index contributed by atoms with van der Waals surface area (Å²) < 4.78 is 11.0. The van der Waals surface area contributed by atoms with Crippen LogP contribution in [0.2, 0.25) is 0 Å². The average molecular weight is 285 g/mol. The van der Waals surface area contributed by atoms with E-state index in [4.69, 9.17) is 9.47 Å². The van der Waals surface area contributed by atoms with Crippen LogP contribution in [0, 0.1) is 0 Å². The maximum atomic E-state index is 5.50. The second-order valence-electron chi connectivity index (χ2n) is 5.01. The molecule has 1 unspecified atom stereocenters. The highest BCUT2D eigenvalue weighted by molar-refractivity contribution is 5.46. The van der Waals surface area contributed by atoms with Crippen LogP contribution in [0.3, 0.4) is 0 Å².